The predicted molar refractivity (Wildman–Crippen MR) is 80.6 cm³/mol. The number of ketones is 1. The molecule has 0 aliphatic heterocycles. The molecule has 0 radical (unpaired) electrons. The summed E-state index contributed by atoms with van der Waals surface area (Å²) < 4.78 is 0. The van der Waals surface area contributed by atoms with Gasteiger partial charge in [-0.2, -0.15) is 0 Å². The summed E-state index contributed by atoms with van der Waals surface area (Å²) in [7, 11) is 0. The van der Waals surface area contributed by atoms with Crippen molar-refractivity contribution in [2.45, 2.75) is 34.6 Å². The van der Waals surface area contributed by atoms with Crippen LogP contribution in [0.5, 0.6) is 0 Å². The topological polar surface area (TPSA) is 46.3 Å². The van der Waals surface area contributed by atoms with Gasteiger partial charge in [0, 0.05) is 19.0 Å². The third-order valence-electron chi connectivity index (χ3n) is 2.77. The van der Waals surface area contributed by atoms with Crippen LogP contribution in [-0.2, 0) is 0 Å². The number of carbonyl (C=O) groups excluding carboxylic acids is 1. The Kier molecular flexibility index (Phi) is 5.20. The van der Waals surface area contributed by atoms with Crippen LogP contribution in [0.1, 0.15) is 44.3 Å². The van der Waals surface area contributed by atoms with Crippen LogP contribution < -0.4 is 10.6 Å². The van der Waals surface area contributed by atoms with Crippen molar-refractivity contribution < 1.29 is 4.79 Å². The molecule has 1 heterocycles. The van der Waals surface area contributed by atoms with Crippen LogP contribution in [0.3, 0.4) is 0 Å². The Morgan fingerprint density at radius 3 is 2.44 bits per heavy atom. The van der Waals surface area contributed by atoms with Crippen LogP contribution in [0.15, 0.2) is 6.07 Å². The fourth-order valence-electron chi connectivity index (χ4n) is 1.82. The van der Waals surface area contributed by atoms with Gasteiger partial charge in [0.25, 0.3) is 0 Å². The fraction of sp³-hybridized carbons (Fsp3) is 0.643. The lowest BCUT2D eigenvalue weighted by Crippen LogP contribution is -2.26. The zero-order chi connectivity index (χ0) is 13.9. The Morgan fingerprint density at radius 1 is 1.39 bits per heavy atom. The van der Waals surface area contributed by atoms with Gasteiger partial charge in [0.05, 0.1) is 15.6 Å². The molecule has 18 heavy (non-hydrogen) atoms. The van der Waals surface area contributed by atoms with Gasteiger partial charge in [-0.1, -0.05) is 27.7 Å². The van der Waals surface area contributed by atoms with E-state index in [1.807, 2.05) is 19.9 Å². The third-order valence-corrected chi connectivity index (χ3v) is 4.00. The molecule has 0 aliphatic carbocycles. The molecule has 0 fully saturated rings. The van der Waals surface area contributed by atoms with Crippen molar-refractivity contribution in [1.29, 1.82) is 0 Å². The number of carbonyl (C=O) groups is 1. The number of thiophene rings is 1. The maximum absolute atomic E-state index is 12.0. The van der Waals surface area contributed by atoms with Gasteiger partial charge >= 0.3 is 0 Å². The van der Waals surface area contributed by atoms with E-state index < -0.39 is 0 Å². The summed E-state index contributed by atoms with van der Waals surface area (Å²) >= 11 is 1.52. The number of nitrogens with two attached hydrogens (primary N) is 1. The molecule has 1 aromatic rings. The predicted octanol–water partition coefficient (Wildman–Crippen LogP) is 3.65. The molecule has 0 bridgehead atoms. The zero-order valence-corrected chi connectivity index (χ0v) is 12.8. The highest BCUT2D eigenvalue weighted by Gasteiger charge is 2.19. The van der Waals surface area contributed by atoms with Crippen LogP contribution in [-0.4, -0.2) is 18.9 Å². The van der Waals surface area contributed by atoms with E-state index >= 15 is 0 Å². The lowest BCUT2D eigenvalue weighted by molar-refractivity contribution is 0.0944. The number of Topliss-reactive ketones (excluding diaryl/α,β-unsaturated/α-hetero) is 1. The molecular weight excluding hydrogens is 244 g/mol. The van der Waals surface area contributed by atoms with Gasteiger partial charge in [-0.3, -0.25) is 4.79 Å². The van der Waals surface area contributed by atoms with Crippen LogP contribution >= 0.6 is 11.3 Å². The molecule has 0 saturated carbocycles. The first kappa shape index (κ1) is 15.0. The minimum Gasteiger partial charge on any atom is -0.397 e. The molecule has 3 nitrogen and oxygen atoms in total. The second kappa shape index (κ2) is 6.23. The average Bonchev–Trinajstić information content (AvgIpc) is 2.66. The van der Waals surface area contributed by atoms with Gasteiger partial charge < -0.3 is 10.6 Å². The highest BCUT2D eigenvalue weighted by Crippen LogP contribution is 2.34. The Balaban J connectivity index is 2.98. The van der Waals surface area contributed by atoms with Gasteiger partial charge in [-0.05, 0) is 18.9 Å². The molecule has 0 amide bonds. The molecule has 4 heteroatoms. The molecule has 0 atom stereocenters. The van der Waals surface area contributed by atoms with Gasteiger partial charge in [0.15, 0.2) is 5.78 Å². The van der Waals surface area contributed by atoms with Crippen molar-refractivity contribution in [1.82, 2.24) is 0 Å². The number of anilines is 2. The number of nitrogen functional groups attached to an aromatic ring is 1. The van der Waals surface area contributed by atoms with Crippen LogP contribution in [0.25, 0.3) is 0 Å². The van der Waals surface area contributed by atoms with Crippen molar-refractivity contribution >= 4 is 27.8 Å². The standard InChI is InChI=1S/C14H24N2OS/c1-6-16(8-9(2)3)12-7-11(15)14(18-12)13(17)10(4)5/h7,9-10H,6,8,15H2,1-5H3. The smallest absolute Gasteiger partial charge is 0.177 e. The van der Waals surface area contributed by atoms with Crippen molar-refractivity contribution in [2.24, 2.45) is 11.8 Å². The molecule has 0 aliphatic rings. The maximum Gasteiger partial charge on any atom is 0.177 e. The average molecular weight is 268 g/mol. The highest BCUT2D eigenvalue weighted by atomic mass is 32.1. The van der Waals surface area contributed by atoms with E-state index in [-0.39, 0.29) is 11.7 Å². The van der Waals surface area contributed by atoms with Crippen LogP contribution in [0, 0.1) is 11.8 Å². The number of rotatable bonds is 6. The minimum absolute atomic E-state index is 0.000949. The van der Waals surface area contributed by atoms with Crippen molar-refractivity contribution in [3.8, 4) is 0 Å². The summed E-state index contributed by atoms with van der Waals surface area (Å²) in [6.45, 7) is 12.3. The second-order valence-electron chi connectivity index (χ2n) is 5.32. The zero-order valence-electron chi connectivity index (χ0n) is 12.0. The summed E-state index contributed by atoms with van der Waals surface area (Å²) in [5.41, 5.74) is 6.59. The summed E-state index contributed by atoms with van der Waals surface area (Å²) in [5.74, 6) is 0.737. The largest absolute Gasteiger partial charge is 0.397 e. The molecule has 0 unspecified atom stereocenters. The van der Waals surface area contributed by atoms with Gasteiger partial charge in [0.2, 0.25) is 0 Å². The Labute approximate surface area is 114 Å². The van der Waals surface area contributed by atoms with E-state index in [2.05, 4.69) is 25.7 Å². The number of nitrogens with zero attached hydrogens (tertiary/aromatic N) is 1. The fourth-order valence-corrected chi connectivity index (χ4v) is 3.06. The molecule has 1 aromatic heterocycles. The van der Waals surface area contributed by atoms with Gasteiger partial charge in [0.1, 0.15) is 0 Å². The number of hydrogen-bond acceptors (Lipinski definition) is 4. The van der Waals surface area contributed by atoms with E-state index in [4.69, 9.17) is 5.73 Å². The van der Waals surface area contributed by atoms with Crippen LogP contribution in [0.4, 0.5) is 10.7 Å². The Bertz CT molecular complexity index is 410. The van der Waals surface area contributed by atoms with E-state index in [0.29, 0.717) is 16.5 Å². The first-order valence-corrected chi connectivity index (χ1v) is 7.36. The quantitative estimate of drug-likeness (QED) is 0.801. The summed E-state index contributed by atoms with van der Waals surface area (Å²) in [4.78, 5) is 15.0. The van der Waals surface area contributed by atoms with Gasteiger partial charge in [-0.15, -0.1) is 11.3 Å². The molecule has 102 valence electrons. The summed E-state index contributed by atoms with van der Waals surface area (Å²) in [5, 5.41) is 1.10. The lowest BCUT2D eigenvalue weighted by Gasteiger charge is -2.23. The molecule has 0 aromatic carbocycles. The second-order valence-corrected chi connectivity index (χ2v) is 6.35. The lowest BCUT2D eigenvalue weighted by atomic mass is 10.1. The molecule has 1 rings (SSSR count). The van der Waals surface area contributed by atoms with Gasteiger partial charge in [-0.25, -0.2) is 0 Å². The van der Waals surface area contributed by atoms with Crippen molar-refractivity contribution in [2.75, 3.05) is 23.7 Å². The third kappa shape index (κ3) is 3.48. The monoisotopic (exact) mass is 268 g/mol. The van der Waals surface area contributed by atoms with E-state index in [1.54, 1.807) is 0 Å². The minimum atomic E-state index is -0.000949. The first-order valence-electron chi connectivity index (χ1n) is 6.55. The highest BCUT2D eigenvalue weighted by molar-refractivity contribution is 7.18. The number of hydrogen-bond donors (Lipinski definition) is 1. The maximum atomic E-state index is 12.0. The summed E-state index contributed by atoms with van der Waals surface area (Å²) in [6, 6.07) is 1.94. The van der Waals surface area contributed by atoms with Crippen molar-refractivity contribution in [3.63, 3.8) is 0 Å². The van der Waals surface area contributed by atoms with E-state index in [1.165, 1.54) is 11.3 Å². The first-order chi connectivity index (χ1) is 8.36. The Hall–Kier alpha value is -1.03. The van der Waals surface area contributed by atoms with E-state index in [9.17, 15) is 4.79 Å². The molecule has 2 N–H and O–H groups in total. The Morgan fingerprint density at radius 2 is 2.00 bits per heavy atom. The summed E-state index contributed by atoms with van der Waals surface area (Å²) in [6.07, 6.45) is 0. The molecule has 0 spiro atoms. The van der Waals surface area contributed by atoms with Crippen LogP contribution in [0.2, 0.25) is 0 Å². The van der Waals surface area contributed by atoms with E-state index in [0.717, 1.165) is 18.1 Å². The van der Waals surface area contributed by atoms with Crippen molar-refractivity contribution in [3.05, 3.63) is 10.9 Å². The molecular formula is C14H24N2OS. The normalized spacial score (nSPS) is 11.3. The SMILES string of the molecule is CCN(CC(C)C)c1cc(N)c(C(=O)C(C)C)s1. The molecule has 0 saturated heterocycles.